The van der Waals surface area contributed by atoms with E-state index in [4.69, 9.17) is 33.0 Å². The van der Waals surface area contributed by atoms with Crippen molar-refractivity contribution in [1.82, 2.24) is 5.01 Å². The van der Waals surface area contributed by atoms with Crippen LogP contribution in [-0.2, 0) is 4.79 Å². The zero-order chi connectivity index (χ0) is 21.4. The molecule has 0 atom stereocenters. The van der Waals surface area contributed by atoms with Gasteiger partial charge in [-0.15, -0.1) is 0 Å². The Bertz CT molecular complexity index is 1130. The number of benzene rings is 1. The summed E-state index contributed by atoms with van der Waals surface area (Å²) < 4.78 is 5.83. The van der Waals surface area contributed by atoms with E-state index in [1.54, 1.807) is 30.3 Å². The van der Waals surface area contributed by atoms with E-state index in [1.807, 2.05) is 0 Å². The fraction of sp³-hybridized carbons (Fsp3) is 0.238. The molecule has 0 radical (unpaired) electrons. The topological polar surface area (TPSA) is 82.0 Å². The van der Waals surface area contributed by atoms with Crippen molar-refractivity contribution in [3.63, 3.8) is 0 Å². The van der Waals surface area contributed by atoms with E-state index in [-0.39, 0.29) is 17.3 Å². The number of carbonyl (C=O) groups is 1. The van der Waals surface area contributed by atoms with Crippen LogP contribution in [0.1, 0.15) is 32.4 Å². The zero-order valence-electron chi connectivity index (χ0n) is 16.3. The molecule has 2 aliphatic rings. The maximum absolute atomic E-state index is 12.6. The Balaban J connectivity index is 1.62. The van der Waals surface area contributed by atoms with Crippen LogP contribution in [0.15, 0.2) is 50.4 Å². The highest BCUT2D eigenvalue weighted by Gasteiger charge is 2.37. The molecule has 0 unspecified atom stereocenters. The van der Waals surface area contributed by atoms with Crippen LogP contribution in [0.5, 0.6) is 0 Å². The SMILES string of the molecule is CCC(CC)C1=NN2C(=N)/C(=C\c3ccc(-c4ccc(Cl)c(Cl)c4)o3)C(=O)N=C2S1. The van der Waals surface area contributed by atoms with Crippen LogP contribution in [0.4, 0.5) is 0 Å². The minimum Gasteiger partial charge on any atom is -0.457 e. The van der Waals surface area contributed by atoms with Crippen LogP contribution in [-0.4, -0.2) is 27.0 Å². The fourth-order valence-electron chi connectivity index (χ4n) is 3.19. The van der Waals surface area contributed by atoms with Gasteiger partial charge in [0.1, 0.15) is 16.6 Å². The summed E-state index contributed by atoms with van der Waals surface area (Å²) in [5.41, 5.74) is 0.888. The number of amides is 1. The summed E-state index contributed by atoms with van der Waals surface area (Å²) >= 11 is 13.4. The minimum atomic E-state index is -0.479. The van der Waals surface area contributed by atoms with E-state index in [0.717, 1.165) is 23.4 Å². The van der Waals surface area contributed by atoms with Crippen molar-refractivity contribution in [2.75, 3.05) is 0 Å². The van der Waals surface area contributed by atoms with E-state index in [2.05, 4.69) is 23.9 Å². The van der Waals surface area contributed by atoms with Crippen molar-refractivity contribution in [2.45, 2.75) is 26.7 Å². The first-order valence-corrected chi connectivity index (χ1v) is 11.0. The molecule has 4 rings (SSSR count). The highest BCUT2D eigenvalue weighted by atomic mass is 35.5. The van der Waals surface area contributed by atoms with Crippen LogP contribution in [0.3, 0.4) is 0 Å². The van der Waals surface area contributed by atoms with E-state index < -0.39 is 5.91 Å². The van der Waals surface area contributed by atoms with Crippen LogP contribution < -0.4 is 0 Å². The third-order valence-corrected chi connectivity index (χ3v) is 6.73. The first-order chi connectivity index (χ1) is 14.4. The Morgan fingerprint density at radius 3 is 2.67 bits per heavy atom. The molecule has 2 aromatic rings. The number of nitrogens with zero attached hydrogens (tertiary/aromatic N) is 3. The highest BCUT2D eigenvalue weighted by molar-refractivity contribution is 8.27. The summed E-state index contributed by atoms with van der Waals surface area (Å²) in [5, 5.41) is 16.6. The third-order valence-electron chi connectivity index (χ3n) is 4.92. The normalized spacial score (nSPS) is 17.6. The Morgan fingerprint density at radius 2 is 1.97 bits per heavy atom. The molecule has 1 amide bonds. The predicted octanol–water partition coefficient (Wildman–Crippen LogP) is 6.31. The Morgan fingerprint density at radius 1 is 1.20 bits per heavy atom. The van der Waals surface area contributed by atoms with Gasteiger partial charge >= 0.3 is 0 Å². The fourth-order valence-corrected chi connectivity index (χ4v) is 4.64. The third kappa shape index (κ3) is 3.85. The van der Waals surface area contributed by atoms with E-state index >= 15 is 0 Å². The summed E-state index contributed by atoms with van der Waals surface area (Å²) in [6.45, 7) is 4.20. The van der Waals surface area contributed by atoms with Crippen LogP contribution in [0.25, 0.3) is 17.4 Å². The monoisotopic (exact) mass is 460 g/mol. The molecule has 3 heterocycles. The Hall–Kier alpha value is -2.35. The second-order valence-corrected chi connectivity index (χ2v) is 8.60. The summed E-state index contributed by atoms with van der Waals surface area (Å²) in [5.74, 6) is 0.805. The van der Waals surface area contributed by atoms with Crippen molar-refractivity contribution >= 4 is 63.0 Å². The average molecular weight is 461 g/mol. The highest BCUT2D eigenvalue weighted by Crippen LogP contribution is 2.34. The lowest BCUT2D eigenvalue weighted by molar-refractivity contribution is -0.114. The van der Waals surface area contributed by atoms with E-state index in [1.165, 1.54) is 22.8 Å². The van der Waals surface area contributed by atoms with Crippen molar-refractivity contribution < 1.29 is 9.21 Å². The molecule has 2 aliphatic heterocycles. The molecule has 1 aromatic carbocycles. The lowest BCUT2D eigenvalue weighted by atomic mass is 10.1. The molecule has 0 saturated heterocycles. The van der Waals surface area contributed by atoms with Gasteiger partial charge in [0.15, 0.2) is 5.84 Å². The van der Waals surface area contributed by atoms with Crippen LogP contribution >= 0.6 is 35.0 Å². The molecule has 9 heteroatoms. The molecule has 30 heavy (non-hydrogen) atoms. The number of fused-ring (bicyclic) bond motifs is 1. The molecular formula is C21H18Cl2N4O2S. The summed E-state index contributed by atoms with van der Waals surface area (Å²) in [7, 11) is 0. The average Bonchev–Trinajstić information content (AvgIpc) is 3.36. The number of aliphatic imine (C=N–C) groups is 1. The van der Waals surface area contributed by atoms with Gasteiger partial charge in [0, 0.05) is 11.5 Å². The zero-order valence-corrected chi connectivity index (χ0v) is 18.6. The second kappa shape index (κ2) is 8.41. The number of hydrazone groups is 1. The van der Waals surface area contributed by atoms with Gasteiger partial charge in [-0.05, 0) is 61.0 Å². The van der Waals surface area contributed by atoms with Gasteiger partial charge in [0.25, 0.3) is 5.91 Å². The predicted molar refractivity (Wildman–Crippen MR) is 123 cm³/mol. The lowest BCUT2D eigenvalue weighted by Gasteiger charge is -2.19. The molecule has 0 aliphatic carbocycles. The largest absolute Gasteiger partial charge is 0.457 e. The number of carbonyl (C=O) groups excluding carboxylic acids is 1. The van der Waals surface area contributed by atoms with Crippen LogP contribution in [0.2, 0.25) is 10.0 Å². The molecule has 1 aromatic heterocycles. The molecule has 0 bridgehead atoms. The van der Waals surface area contributed by atoms with Gasteiger partial charge in [-0.2, -0.15) is 15.1 Å². The van der Waals surface area contributed by atoms with Crippen LogP contribution in [0, 0.1) is 11.3 Å². The molecule has 0 saturated carbocycles. The molecule has 6 nitrogen and oxygen atoms in total. The quantitative estimate of drug-likeness (QED) is 0.529. The molecule has 0 fully saturated rings. The van der Waals surface area contributed by atoms with Gasteiger partial charge in [0.05, 0.1) is 15.6 Å². The number of hydrogen-bond donors (Lipinski definition) is 1. The number of halogens is 2. The Labute approximate surface area is 188 Å². The maximum atomic E-state index is 12.6. The smallest absolute Gasteiger partial charge is 0.283 e. The first kappa shape index (κ1) is 20.9. The maximum Gasteiger partial charge on any atom is 0.283 e. The molecule has 1 N–H and O–H groups in total. The van der Waals surface area contributed by atoms with Gasteiger partial charge in [-0.1, -0.05) is 37.0 Å². The van der Waals surface area contributed by atoms with E-state index in [9.17, 15) is 4.79 Å². The number of thioether (sulfide) groups is 1. The number of nitrogens with one attached hydrogen (secondary N) is 1. The summed E-state index contributed by atoms with van der Waals surface area (Å²) in [6.07, 6.45) is 3.40. The number of hydrogen-bond acceptors (Lipinski definition) is 5. The minimum absolute atomic E-state index is 0.00839. The van der Waals surface area contributed by atoms with Crippen molar-refractivity contribution in [3.8, 4) is 11.3 Å². The second-order valence-electron chi connectivity index (χ2n) is 6.80. The van der Waals surface area contributed by atoms with Crippen molar-refractivity contribution in [2.24, 2.45) is 16.0 Å². The van der Waals surface area contributed by atoms with Crippen molar-refractivity contribution in [3.05, 3.63) is 51.7 Å². The Kier molecular flexibility index (Phi) is 5.86. The van der Waals surface area contributed by atoms with Gasteiger partial charge in [0.2, 0.25) is 5.17 Å². The number of furan rings is 1. The first-order valence-electron chi connectivity index (χ1n) is 9.46. The number of amidine groups is 2. The standard InChI is InChI=1S/C21H18Cl2N4O2S/c1-3-11(4-2)20-26-27-18(24)14(19(28)25-21(27)30-20)10-13-6-8-17(29-13)12-5-7-15(22)16(23)9-12/h5-11,24H,3-4H2,1-2H3/b14-10+,24-18?. The van der Waals surface area contributed by atoms with Gasteiger partial charge in [-0.3, -0.25) is 10.2 Å². The van der Waals surface area contributed by atoms with E-state index in [0.29, 0.717) is 26.7 Å². The molecular weight excluding hydrogens is 443 g/mol. The van der Waals surface area contributed by atoms with Gasteiger partial charge in [-0.25, -0.2) is 0 Å². The summed E-state index contributed by atoms with van der Waals surface area (Å²) in [4.78, 5) is 16.7. The number of rotatable bonds is 5. The summed E-state index contributed by atoms with van der Waals surface area (Å²) in [6, 6.07) is 8.69. The molecule has 0 spiro atoms. The molecule has 154 valence electrons. The lowest BCUT2D eigenvalue weighted by Crippen LogP contribution is -2.35. The van der Waals surface area contributed by atoms with Crippen molar-refractivity contribution in [1.29, 1.82) is 5.41 Å². The van der Waals surface area contributed by atoms with Gasteiger partial charge < -0.3 is 4.42 Å².